The smallest absolute Gasteiger partial charge is 0.126 e. The molecule has 2 aromatic carbocycles. The van der Waals surface area contributed by atoms with E-state index in [-0.39, 0.29) is 5.38 Å². The highest BCUT2D eigenvalue weighted by Crippen LogP contribution is 2.37. The van der Waals surface area contributed by atoms with Crippen molar-refractivity contribution in [1.29, 1.82) is 0 Å². The van der Waals surface area contributed by atoms with Crippen LogP contribution in [0.1, 0.15) is 29.4 Å². The number of aryl methyl sites for hydroxylation is 1. The fourth-order valence-corrected chi connectivity index (χ4v) is 2.92. The van der Waals surface area contributed by atoms with Gasteiger partial charge in [0.1, 0.15) is 16.9 Å². The van der Waals surface area contributed by atoms with Crippen LogP contribution in [-0.4, -0.2) is 0 Å². The highest BCUT2D eigenvalue weighted by atomic mass is 35.5. The molecule has 0 saturated heterocycles. The molecular weight excluding hydrogens is 291 g/mol. The van der Waals surface area contributed by atoms with Gasteiger partial charge in [-0.25, -0.2) is 0 Å². The van der Waals surface area contributed by atoms with Gasteiger partial charge in [0.25, 0.3) is 0 Å². The van der Waals surface area contributed by atoms with Crippen molar-refractivity contribution in [3.8, 4) is 0 Å². The fraction of sp³-hybridized carbons (Fsp3) is 0.176. The lowest BCUT2D eigenvalue weighted by Gasteiger charge is -2.12. The number of hydrogen-bond donors (Lipinski definition) is 0. The van der Waals surface area contributed by atoms with Crippen molar-refractivity contribution in [2.75, 3.05) is 0 Å². The van der Waals surface area contributed by atoms with Gasteiger partial charge in [-0.15, -0.1) is 11.6 Å². The Labute approximate surface area is 128 Å². The molecule has 0 radical (unpaired) electrons. The van der Waals surface area contributed by atoms with Crippen LogP contribution in [0, 0.1) is 0 Å². The summed E-state index contributed by atoms with van der Waals surface area (Å²) in [5.41, 5.74) is 1.02. The zero-order valence-corrected chi connectivity index (χ0v) is 12.6. The quantitative estimate of drug-likeness (QED) is 0.543. The minimum atomic E-state index is -0.308. The summed E-state index contributed by atoms with van der Waals surface area (Å²) in [6.07, 6.45) is 0.866. The van der Waals surface area contributed by atoms with Gasteiger partial charge < -0.3 is 4.42 Å². The monoisotopic (exact) mass is 304 g/mol. The summed E-state index contributed by atoms with van der Waals surface area (Å²) in [5, 5.41) is 2.51. The lowest BCUT2D eigenvalue weighted by molar-refractivity contribution is 0.475. The number of rotatable bonds is 3. The first-order chi connectivity index (χ1) is 9.70. The average Bonchev–Trinajstić information content (AvgIpc) is 2.96. The van der Waals surface area contributed by atoms with Crippen molar-refractivity contribution < 1.29 is 4.42 Å². The van der Waals surface area contributed by atoms with Gasteiger partial charge in [0.05, 0.1) is 0 Å². The van der Waals surface area contributed by atoms with Crippen LogP contribution in [0.5, 0.6) is 0 Å². The summed E-state index contributed by atoms with van der Waals surface area (Å²) in [7, 11) is 0. The second kappa shape index (κ2) is 5.51. The van der Waals surface area contributed by atoms with Crippen molar-refractivity contribution in [2.24, 2.45) is 0 Å². The van der Waals surface area contributed by atoms with E-state index in [1.54, 1.807) is 0 Å². The topological polar surface area (TPSA) is 13.1 Å². The number of benzene rings is 2. The van der Waals surface area contributed by atoms with Gasteiger partial charge in [-0.05, 0) is 29.1 Å². The second-order valence-corrected chi connectivity index (χ2v) is 5.55. The van der Waals surface area contributed by atoms with Crippen LogP contribution in [0.4, 0.5) is 0 Å². The predicted molar refractivity (Wildman–Crippen MR) is 84.7 cm³/mol. The molecule has 1 heterocycles. The summed E-state index contributed by atoms with van der Waals surface area (Å²) in [6.45, 7) is 2.06. The number of halogens is 2. The Hall–Kier alpha value is -1.44. The zero-order valence-electron chi connectivity index (χ0n) is 11.1. The van der Waals surface area contributed by atoms with Gasteiger partial charge >= 0.3 is 0 Å². The van der Waals surface area contributed by atoms with Crippen molar-refractivity contribution in [3.05, 3.63) is 70.6 Å². The molecule has 0 N–H and O–H groups in total. The molecule has 0 bridgehead atoms. The van der Waals surface area contributed by atoms with Gasteiger partial charge in [-0.2, -0.15) is 0 Å². The van der Waals surface area contributed by atoms with Crippen molar-refractivity contribution >= 4 is 34.0 Å². The molecule has 1 atom stereocenters. The molecule has 3 heteroatoms. The van der Waals surface area contributed by atoms with Crippen LogP contribution in [0.3, 0.4) is 0 Å². The molecule has 0 aliphatic rings. The SMILES string of the molecule is CCc1ccc(C(Cl)c2ccc(Cl)c3ccccc23)o1. The first kappa shape index (κ1) is 13.5. The van der Waals surface area contributed by atoms with Gasteiger partial charge in [-0.1, -0.05) is 48.9 Å². The average molecular weight is 305 g/mol. The Morgan fingerprint density at radius 2 is 1.75 bits per heavy atom. The molecule has 0 fully saturated rings. The van der Waals surface area contributed by atoms with Gasteiger partial charge in [-0.3, -0.25) is 0 Å². The Morgan fingerprint density at radius 3 is 2.45 bits per heavy atom. The first-order valence-corrected chi connectivity index (χ1v) is 7.42. The summed E-state index contributed by atoms with van der Waals surface area (Å²) in [4.78, 5) is 0. The van der Waals surface area contributed by atoms with E-state index in [4.69, 9.17) is 27.6 Å². The van der Waals surface area contributed by atoms with Crippen molar-refractivity contribution in [1.82, 2.24) is 0 Å². The zero-order chi connectivity index (χ0) is 14.1. The summed E-state index contributed by atoms with van der Waals surface area (Å²) in [5.74, 6) is 1.72. The normalized spacial score (nSPS) is 12.8. The Bertz CT molecular complexity index is 746. The molecule has 1 nitrogen and oxygen atoms in total. The molecule has 0 aliphatic heterocycles. The van der Waals surface area contributed by atoms with Crippen molar-refractivity contribution in [2.45, 2.75) is 18.7 Å². The third-order valence-electron chi connectivity index (χ3n) is 3.46. The standard InChI is InChI=1S/C17H14Cl2O/c1-2-11-7-10-16(20-11)17(19)14-8-9-15(18)13-6-4-3-5-12(13)14/h3-10,17H,2H2,1H3. The van der Waals surface area contributed by atoms with E-state index < -0.39 is 0 Å². The minimum absolute atomic E-state index is 0.308. The largest absolute Gasteiger partial charge is 0.464 e. The van der Waals surface area contributed by atoms with E-state index in [0.717, 1.165) is 39.3 Å². The van der Waals surface area contributed by atoms with E-state index in [2.05, 4.69) is 6.92 Å². The number of hydrogen-bond acceptors (Lipinski definition) is 1. The highest BCUT2D eigenvalue weighted by Gasteiger charge is 2.18. The van der Waals surface area contributed by atoms with E-state index in [1.165, 1.54) is 0 Å². The van der Waals surface area contributed by atoms with Crippen LogP contribution in [0.25, 0.3) is 10.8 Å². The number of fused-ring (bicyclic) bond motifs is 1. The Morgan fingerprint density at radius 1 is 1.00 bits per heavy atom. The third kappa shape index (κ3) is 2.32. The molecule has 20 heavy (non-hydrogen) atoms. The van der Waals surface area contributed by atoms with Gasteiger partial charge in [0.2, 0.25) is 0 Å². The molecule has 1 aromatic heterocycles. The lowest BCUT2D eigenvalue weighted by atomic mass is 10.0. The second-order valence-electron chi connectivity index (χ2n) is 4.70. The summed E-state index contributed by atoms with van der Waals surface area (Å²) in [6, 6.07) is 15.8. The van der Waals surface area contributed by atoms with Crippen LogP contribution in [0.15, 0.2) is 52.9 Å². The molecule has 0 spiro atoms. The maximum atomic E-state index is 6.60. The fourth-order valence-electron chi connectivity index (χ4n) is 2.38. The molecule has 0 aliphatic carbocycles. The first-order valence-electron chi connectivity index (χ1n) is 6.60. The minimum Gasteiger partial charge on any atom is -0.464 e. The molecule has 0 amide bonds. The van der Waals surface area contributed by atoms with Crippen LogP contribution in [-0.2, 0) is 6.42 Å². The van der Waals surface area contributed by atoms with Crippen molar-refractivity contribution in [3.63, 3.8) is 0 Å². The molecule has 1 unspecified atom stereocenters. The third-order valence-corrected chi connectivity index (χ3v) is 4.24. The Kier molecular flexibility index (Phi) is 3.73. The van der Waals surface area contributed by atoms with E-state index in [1.807, 2.05) is 48.5 Å². The molecule has 3 rings (SSSR count). The number of furan rings is 1. The van der Waals surface area contributed by atoms with Gasteiger partial charge in [0.15, 0.2) is 0 Å². The summed E-state index contributed by atoms with van der Waals surface area (Å²) < 4.78 is 5.76. The van der Waals surface area contributed by atoms with Crippen LogP contribution >= 0.6 is 23.2 Å². The molecular formula is C17H14Cl2O. The van der Waals surface area contributed by atoms with E-state index in [0.29, 0.717) is 0 Å². The maximum Gasteiger partial charge on any atom is 0.126 e. The maximum absolute atomic E-state index is 6.60. The lowest BCUT2D eigenvalue weighted by Crippen LogP contribution is -1.93. The predicted octanol–water partition coefficient (Wildman–Crippen LogP) is 5.98. The molecule has 3 aromatic rings. The number of alkyl halides is 1. The van der Waals surface area contributed by atoms with Crippen LogP contribution < -0.4 is 0 Å². The Balaban J connectivity index is 2.12. The van der Waals surface area contributed by atoms with E-state index in [9.17, 15) is 0 Å². The van der Waals surface area contributed by atoms with Gasteiger partial charge in [0, 0.05) is 16.8 Å². The summed E-state index contributed by atoms with van der Waals surface area (Å²) >= 11 is 12.8. The highest BCUT2D eigenvalue weighted by molar-refractivity contribution is 6.36. The van der Waals surface area contributed by atoms with Crippen LogP contribution in [0.2, 0.25) is 5.02 Å². The molecule has 0 saturated carbocycles. The molecule has 102 valence electrons. The van der Waals surface area contributed by atoms with E-state index >= 15 is 0 Å².